The molecule has 1 rings (SSSR count). The Balaban J connectivity index is 2.58. The largest absolute Gasteiger partial charge is 0.492 e. The number of sulfone groups is 1. The Morgan fingerprint density at radius 1 is 1.20 bits per heavy atom. The molecule has 0 fully saturated rings. The van der Waals surface area contributed by atoms with Gasteiger partial charge in [-0.1, -0.05) is 23.2 Å². The van der Waals surface area contributed by atoms with Crippen LogP contribution in [0.3, 0.4) is 0 Å². The fraction of sp³-hybridized carbons (Fsp3) is 0.333. The lowest BCUT2D eigenvalue weighted by Crippen LogP contribution is -2.11. The van der Waals surface area contributed by atoms with Crippen molar-refractivity contribution in [2.75, 3.05) is 18.6 Å². The van der Waals surface area contributed by atoms with Crippen LogP contribution in [0.25, 0.3) is 0 Å². The Bertz CT molecular complexity index is 422. The van der Waals surface area contributed by atoms with Crippen LogP contribution in [0, 0.1) is 0 Å². The van der Waals surface area contributed by atoms with Gasteiger partial charge in [0.1, 0.15) is 12.4 Å². The van der Waals surface area contributed by atoms with E-state index in [1.54, 1.807) is 18.2 Å². The fourth-order valence-electron chi connectivity index (χ4n) is 0.923. The van der Waals surface area contributed by atoms with Crippen molar-refractivity contribution in [1.29, 1.82) is 0 Å². The van der Waals surface area contributed by atoms with E-state index in [4.69, 9.17) is 27.9 Å². The SMILES string of the molecule is CS(=O)(=O)CCOc1cc(Cl)cc(Cl)c1. The van der Waals surface area contributed by atoms with Gasteiger partial charge in [-0.15, -0.1) is 0 Å². The maximum absolute atomic E-state index is 10.8. The number of hydrogen-bond acceptors (Lipinski definition) is 3. The second-order valence-corrected chi connectivity index (χ2v) is 6.22. The summed E-state index contributed by atoms with van der Waals surface area (Å²) in [7, 11) is -3.01. The van der Waals surface area contributed by atoms with Crippen LogP contribution in [-0.4, -0.2) is 27.0 Å². The van der Waals surface area contributed by atoms with E-state index in [0.29, 0.717) is 15.8 Å². The summed E-state index contributed by atoms with van der Waals surface area (Å²) in [5, 5.41) is 0.911. The van der Waals surface area contributed by atoms with Gasteiger partial charge < -0.3 is 4.74 Å². The molecule has 6 heteroatoms. The Kier molecular flexibility index (Phi) is 4.25. The van der Waals surface area contributed by atoms with Crippen molar-refractivity contribution in [2.24, 2.45) is 0 Å². The van der Waals surface area contributed by atoms with Crippen molar-refractivity contribution < 1.29 is 13.2 Å². The van der Waals surface area contributed by atoms with E-state index in [-0.39, 0.29) is 12.4 Å². The summed E-state index contributed by atoms with van der Waals surface area (Å²) in [6.45, 7) is 0.0928. The maximum Gasteiger partial charge on any atom is 0.150 e. The molecule has 0 saturated carbocycles. The van der Waals surface area contributed by atoms with Gasteiger partial charge in [-0.3, -0.25) is 0 Å². The van der Waals surface area contributed by atoms with Crippen molar-refractivity contribution in [3.05, 3.63) is 28.2 Å². The topological polar surface area (TPSA) is 43.4 Å². The molecule has 1 aromatic rings. The van der Waals surface area contributed by atoms with Crippen LogP contribution in [0.15, 0.2) is 18.2 Å². The minimum Gasteiger partial charge on any atom is -0.492 e. The van der Waals surface area contributed by atoms with Gasteiger partial charge in [-0.05, 0) is 18.2 Å². The molecule has 0 radical (unpaired) electrons. The van der Waals surface area contributed by atoms with Gasteiger partial charge in [-0.25, -0.2) is 8.42 Å². The molecule has 0 bridgehead atoms. The predicted molar refractivity (Wildman–Crippen MR) is 61.7 cm³/mol. The van der Waals surface area contributed by atoms with E-state index in [1.807, 2.05) is 0 Å². The van der Waals surface area contributed by atoms with E-state index in [2.05, 4.69) is 0 Å². The number of ether oxygens (including phenoxy) is 1. The lowest BCUT2D eigenvalue weighted by molar-refractivity contribution is 0.341. The Hall–Kier alpha value is -0.450. The molecule has 0 spiro atoms. The Morgan fingerprint density at radius 2 is 1.73 bits per heavy atom. The van der Waals surface area contributed by atoms with Gasteiger partial charge in [0, 0.05) is 16.3 Å². The maximum atomic E-state index is 10.8. The number of hydrogen-bond donors (Lipinski definition) is 0. The second-order valence-electron chi connectivity index (χ2n) is 3.08. The van der Waals surface area contributed by atoms with Crippen LogP contribution in [-0.2, 0) is 9.84 Å². The normalized spacial score (nSPS) is 11.4. The highest BCUT2D eigenvalue weighted by atomic mass is 35.5. The first kappa shape index (κ1) is 12.6. The molecule has 1 aromatic carbocycles. The molecule has 0 aliphatic heterocycles. The predicted octanol–water partition coefficient (Wildman–Crippen LogP) is 2.42. The molecule has 0 atom stereocenters. The second kappa shape index (κ2) is 5.05. The molecule has 15 heavy (non-hydrogen) atoms. The van der Waals surface area contributed by atoms with Crippen molar-refractivity contribution in [3.8, 4) is 5.75 Å². The minimum atomic E-state index is -3.01. The summed E-state index contributed by atoms with van der Waals surface area (Å²) in [5.74, 6) is 0.438. The number of benzene rings is 1. The molecular formula is C9H10Cl2O3S. The van der Waals surface area contributed by atoms with E-state index >= 15 is 0 Å². The summed E-state index contributed by atoms with van der Waals surface area (Å²) < 4.78 is 26.8. The van der Waals surface area contributed by atoms with Crippen LogP contribution < -0.4 is 4.74 Å². The van der Waals surface area contributed by atoms with Gasteiger partial charge in [0.15, 0.2) is 9.84 Å². The minimum absolute atomic E-state index is 0.0306. The summed E-state index contributed by atoms with van der Waals surface area (Å²) in [5.41, 5.74) is 0. The van der Waals surface area contributed by atoms with Crippen LogP contribution in [0.5, 0.6) is 5.75 Å². The Morgan fingerprint density at radius 3 is 2.20 bits per heavy atom. The van der Waals surface area contributed by atoms with Crippen LogP contribution in [0.1, 0.15) is 0 Å². The van der Waals surface area contributed by atoms with Gasteiger partial charge in [-0.2, -0.15) is 0 Å². The van der Waals surface area contributed by atoms with Crippen molar-refractivity contribution in [1.82, 2.24) is 0 Å². The molecular weight excluding hydrogens is 259 g/mol. The highest BCUT2D eigenvalue weighted by Gasteiger charge is 2.03. The third kappa shape index (κ3) is 5.25. The molecule has 0 aromatic heterocycles. The smallest absolute Gasteiger partial charge is 0.150 e. The highest BCUT2D eigenvalue weighted by Crippen LogP contribution is 2.23. The van der Waals surface area contributed by atoms with Crippen LogP contribution in [0.2, 0.25) is 10.0 Å². The van der Waals surface area contributed by atoms with Gasteiger partial charge >= 0.3 is 0 Å². The molecule has 84 valence electrons. The monoisotopic (exact) mass is 268 g/mol. The first-order valence-electron chi connectivity index (χ1n) is 4.13. The van der Waals surface area contributed by atoms with Gasteiger partial charge in [0.2, 0.25) is 0 Å². The van der Waals surface area contributed by atoms with Crippen molar-refractivity contribution >= 4 is 33.0 Å². The lowest BCUT2D eigenvalue weighted by Gasteiger charge is -2.05. The van der Waals surface area contributed by atoms with Crippen molar-refractivity contribution in [3.63, 3.8) is 0 Å². The van der Waals surface area contributed by atoms with E-state index in [9.17, 15) is 8.42 Å². The molecule has 0 aliphatic rings. The number of rotatable bonds is 4. The van der Waals surface area contributed by atoms with Crippen LogP contribution >= 0.6 is 23.2 Å². The summed E-state index contributed by atoms with van der Waals surface area (Å²) in [6, 6.07) is 4.73. The first-order valence-corrected chi connectivity index (χ1v) is 6.95. The average molecular weight is 269 g/mol. The highest BCUT2D eigenvalue weighted by molar-refractivity contribution is 7.90. The van der Waals surface area contributed by atoms with E-state index in [1.165, 1.54) is 0 Å². The average Bonchev–Trinajstić information content (AvgIpc) is 1.99. The zero-order valence-electron chi connectivity index (χ0n) is 8.04. The standard InChI is InChI=1S/C9H10Cl2O3S/c1-15(12,13)3-2-14-9-5-7(10)4-8(11)6-9/h4-6H,2-3H2,1H3. The quantitative estimate of drug-likeness (QED) is 0.843. The third-order valence-electron chi connectivity index (χ3n) is 1.56. The molecule has 0 aliphatic carbocycles. The Labute approximate surface area is 98.9 Å². The molecule has 0 N–H and O–H groups in total. The molecule has 0 saturated heterocycles. The van der Waals surface area contributed by atoms with E-state index in [0.717, 1.165) is 6.26 Å². The molecule has 0 amide bonds. The van der Waals surface area contributed by atoms with E-state index < -0.39 is 9.84 Å². The van der Waals surface area contributed by atoms with Gasteiger partial charge in [0.05, 0.1) is 5.75 Å². The zero-order valence-corrected chi connectivity index (χ0v) is 10.4. The summed E-state index contributed by atoms with van der Waals surface area (Å²) in [4.78, 5) is 0. The third-order valence-corrected chi connectivity index (χ3v) is 2.90. The molecule has 0 heterocycles. The van der Waals surface area contributed by atoms with Crippen LogP contribution in [0.4, 0.5) is 0 Å². The number of halogens is 2. The summed E-state index contributed by atoms with van der Waals surface area (Å²) in [6.07, 6.45) is 1.15. The molecule has 3 nitrogen and oxygen atoms in total. The lowest BCUT2D eigenvalue weighted by atomic mass is 10.3. The zero-order chi connectivity index (χ0) is 11.5. The summed E-state index contributed by atoms with van der Waals surface area (Å²) >= 11 is 11.5. The molecule has 0 unspecified atom stereocenters. The fourth-order valence-corrected chi connectivity index (χ4v) is 1.81. The van der Waals surface area contributed by atoms with Crippen molar-refractivity contribution in [2.45, 2.75) is 0 Å². The van der Waals surface area contributed by atoms with Gasteiger partial charge in [0.25, 0.3) is 0 Å². The first-order chi connectivity index (χ1) is 6.87.